The van der Waals surface area contributed by atoms with Gasteiger partial charge in [0.25, 0.3) is 0 Å². The van der Waals surface area contributed by atoms with E-state index < -0.39 is 0 Å². The van der Waals surface area contributed by atoms with Gasteiger partial charge in [0.1, 0.15) is 0 Å². The highest BCUT2D eigenvalue weighted by molar-refractivity contribution is 5.92. The highest BCUT2D eigenvalue weighted by atomic mass is 16.5. The Hall–Kier alpha value is -0.830. The number of likely N-dealkylation sites (tertiary alicyclic amines) is 1. The van der Waals surface area contributed by atoms with Crippen molar-refractivity contribution in [2.75, 3.05) is 19.7 Å². The minimum absolute atomic E-state index is 0.289. The lowest BCUT2D eigenvalue weighted by Gasteiger charge is -2.34. The van der Waals surface area contributed by atoms with E-state index in [1.807, 2.05) is 13.0 Å². The van der Waals surface area contributed by atoms with Gasteiger partial charge in [0.2, 0.25) is 0 Å². The third-order valence-electron chi connectivity index (χ3n) is 3.21. The van der Waals surface area contributed by atoms with Crippen molar-refractivity contribution in [3.05, 3.63) is 11.8 Å². The molecule has 0 aromatic heterocycles. The number of hydrogen-bond acceptors (Lipinski definition) is 3. The van der Waals surface area contributed by atoms with Gasteiger partial charge in [-0.05, 0) is 26.2 Å². The molecule has 1 heterocycles. The minimum Gasteiger partial charge on any atom is -0.378 e. The molecule has 15 heavy (non-hydrogen) atoms. The van der Waals surface area contributed by atoms with Crippen molar-refractivity contribution in [2.45, 2.75) is 38.7 Å². The van der Waals surface area contributed by atoms with Gasteiger partial charge in [-0.15, -0.1) is 0 Å². The van der Waals surface area contributed by atoms with Crippen molar-refractivity contribution in [3.63, 3.8) is 0 Å². The molecule has 0 saturated carbocycles. The van der Waals surface area contributed by atoms with Gasteiger partial charge in [-0.3, -0.25) is 4.79 Å². The number of nitrogens with zero attached hydrogens (tertiary/aromatic N) is 1. The minimum atomic E-state index is 0.289. The van der Waals surface area contributed by atoms with E-state index in [0.717, 1.165) is 39.0 Å². The molecule has 0 spiro atoms. The first-order chi connectivity index (χ1) is 7.29. The van der Waals surface area contributed by atoms with Crippen molar-refractivity contribution in [1.29, 1.82) is 0 Å². The highest BCUT2D eigenvalue weighted by Crippen LogP contribution is 2.24. The molecule has 3 nitrogen and oxygen atoms in total. The summed E-state index contributed by atoms with van der Waals surface area (Å²) in [4.78, 5) is 13.5. The molecule has 84 valence electrons. The zero-order chi connectivity index (χ0) is 10.7. The third kappa shape index (κ3) is 2.59. The summed E-state index contributed by atoms with van der Waals surface area (Å²) in [7, 11) is 0. The van der Waals surface area contributed by atoms with Crippen LogP contribution in [0.4, 0.5) is 0 Å². The Bertz CT molecular complexity index is 265. The largest absolute Gasteiger partial charge is 0.378 e. The van der Waals surface area contributed by atoms with Gasteiger partial charge < -0.3 is 9.64 Å². The number of carbonyl (C=O) groups excluding carboxylic acids is 1. The van der Waals surface area contributed by atoms with Crippen LogP contribution in [-0.4, -0.2) is 36.5 Å². The Balaban J connectivity index is 1.83. The zero-order valence-corrected chi connectivity index (χ0v) is 9.37. The predicted octanol–water partition coefficient (Wildman–Crippen LogP) is 1.73. The van der Waals surface area contributed by atoms with E-state index in [-0.39, 0.29) is 5.78 Å². The predicted molar refractivity (Wildman–Crippen MR) is 58.5 cm³/mol. The number of allylic oxidation sites excluding steroid dienone is 2. The molecule has 0 unspecified atom stereocenters. The second kappa shape index (κ2) is 4.79. The van der Waals surface area contributed by atoms with Crippen LogP contribution in [-0.2, 0) is 9.53 Å². The topological polar surface area (TPSA) is 29.5 Å². The van der Waals surface area contributed by atoms with Crippen molar-refractivity contribution >= 4 is 5.78 Å². The van der Waals surface area contributed by atoms with Crippen LogP contribution in [0, 0.1) is 0 Å². The van der Waals surface area contributed by atoms with Crippen LogP contribution in [0.25, 0.3) is 0 Å². The number of carbonyl (C=O) groups is 1. The van der Waals surface area contributed by atoms with Crippen molar-refractivity contribution in [2.24, 2.45) is 0 Å². The second-order valence-electron chi connectivity index (χ2n) is 4.24. The average molecular weight is 209 g/mol. The Morgan fingerprint density at radius 2 is 2.13 bits per heavy atom. The number of ether oxygens (including phenoxy) is 1. The Labute approximate surface area is 91.1 Å². The van der Waals surface area contributed by atoms with Gasteiger partial charge >= 0.3 is 0 Å². The Morgan fingerprint density at radius 3 is 2.67 bits per heavy atom. The maximum atomic E-state index is 11.1. The van der Waals surface area contributed by atoms with Gasteiger partial charge in [-0.25, -0.2) is 0 Å². The molecule has 2 rings (SSSR count). The fraction of sp³-hybridized carbons (Fsp3) is 0.750. The molecule has 0 aromatic rings. The van der Waals surface area contributed by atoms with Crippen LogP contribution in [0.5, 0.6) is 0 Å². The summed E-state index contributed by atoms with van der Waals surface area (Å²) in [6.45, 7) is 4.95. The molecule has 0 amide bonds. The first-order valence-corrected chi connectivity index (χ1v) is 5.89. The van der Waals surface area contributed by atoms with E-state index in [2.05, 4.69) is 4.90 Å². The normalized spacial score (nSPS) is 23.4. The van der Waals surface area contributed by atoms with Crippen molar-refractivity contribution in [3.8, 4) is 0 Å². The van der Waals surface area contributed by atoms with E-state index in [0.29, 0.717) is 12.5 Å². The van der Waals surface area contributed by atoms with Crippen LogP contribution in [0.3, 0.4) is 0 Å². The molecule has 1 aliphatic carbocycles. The zero-order valence-electron chi connectivity index (χ0n) is 9.37. The van der Waals surface area contributed by atoms with E-state index in [1.165, 1.54) is 5.70 Å². The molecule has 0 aromatic carbocycles. The first-order valence-electron chi connectivity index (χ1n) is 5.89. The van der Waals surface area contributed by atoms with Crippen LogP contribution in [0.15, 0.2) is 11.8 Å². The fourth-order valence-electron chi connectivity index (χ4n) is 2.38. The van der Waals surface area contributed by atoms with Gasteiger partial charge in [0.05, 0.1) is 6.10 Å². The average Bonchev–Trinajstić information content (AvgIpc) is 2.67. The van der Waals surface area contributed by atoms with E-state index in [1.54, 1.807) is 0 Å². The lowest BCUT2D eigenvalue weighted by atomic mass is 10.1. The molecule has 1 fully saturated rings. The van der Waals surface area contributed by atoms with Crippen LogP contribution in [0.2, 0.25) is 0 Å². The van der Waals surface area contributed by atoms with E-state index in [4.69, 9.17) is 4.74 Å². The van der Waals surface area contributed by atoms with Gasteiger partial charge in [0, 0.05) is 37.9 Å². The smallest absolute Gasteiger partial charge is 0.157 e. The molecule has 2 aliphatic rings. The molecule has 0 N–H and O–H groups in total. The molecule has 0 radical (unpaired) electrons. The second-order valence-corrected chi connectivity index (χ2v) is 4.24. The number of ketones is 1. The summed E-state index contributed by atoms with van der Waals surface area (Å²) in [6, 6.07) is 0. The Morgan fingerprint density at radius 1 is 1.40 bits per heavy atom. The quantitative estimate of drug-likeness (QED) is 0.709. The molecule has 0 bridgehead atoms. The standard InChI is InChI=1S/C12H19NO2/c1-2-15-12-5-7-13(8-6-12)10-3-4-11(14)9-10/h9,12H,2-8H2,1H3. The lowest BCUT2D eigenvalue weighted by Crippen LogP contribution is -2.36. The molecular formula is C12H19NO2. The van der Waals surface area contributed by atoms with Crippen LogP contribution < -0.4 is 0 Å². The summed E-state index contributed by atoms with van der Waals surface area (Å²) < 4.78 is 5.60. The fourth-order valence-corrected chi connectivity index (χ4v) is 2.38. The van der Waals surface area contributed by atoms with Crippen LogP contribution >= 0.6 is 0 Å². The van der Waals surface area contributed by atoms with Crippen molar-refractivity contribution in [1.82, 2.24) is 4.90 Å². The summed E-state index contributed by atoms with van der Waals surface area (Å²) in [5.74, 6) is 0.289. The summed E-state index contributed by atoms with van der Waals surface area (Å²) in [5, 5.41) is 0. The molecule has 0 atom stereocenters. The number of rotatable bonds is 3. The monoisotopic (exact) mass is 209 g/mol. The number of piperidine rings is 1. The van der Waals surface area contributed by atoms with Gasteiger partial charge in [-0.2, -0.15) is 0 Å². The molecule has 1 aliphatic heterocycles. The van der Waals surface area contributed by atoms with Gasteiger partial charge in [0.15, 0.2) is 5.78 Å². The summed E-state index contributed by atoms with van der Waals surface area (Å²) >= 11 is 0. The highest BCUT2D eigenvalue weighted by Gasteiger charge is 2.23. The van der Waals surface area contributed by atoms with E-state index in [9.17, 15) is 4.79 Å². The van der Waals surface area contributed by atoms with Crippen LogP contribution in [0.1, 0.15) is 32.6 Å². The first kappa shape index (κ1) is 10.7. The summed E-state index contributed by atoms with van der Waals surface area (Å²) in [5.41, 5.74) is 1.25. The van der Waals surface area contributed by atoms with E-state index >= 15 is 0 Å². The molecule has 1 saturated heterocycles. The molecule has 3 heteroatoms. The maximum absolute atomic E-state index is 11.1. The Kier molecular flexibility index (Phi) is 3.41. The lowest BCUT2D eigenvalue weighted by molar-refractivity contribution is -0.114. The van der Waals surface area contributed by atoms with Crippen molar-refractivity contribution < 1.29 is 9.53 Å². The maximum Gasteiger partial charge on any atom is 0.157 e. The van der Waals surface area contributed by atoms with Gasteiger partial charge in [-0.1, -0.05) is 0 Å². The molecular weight excluding hydrogens is 190 g/mol. The summed E-state index contributed by atoms with van der Waals surface area (Å²) in [6.07, 6.45) is 6.10. The third-order valence-corrected chi connectivity index (χ3v) is 3.21. The SMILES string of the molecule is CCOC1CCN(C2=CC(=O)CC2)CC1. The number of hydrogen-bond donors (Lipinski definition) is 0.